The molecule has 0 atom stereocenters. The lowest BCUT2D eigenvalue weighted by Crippen LogP contribution is -2.26. The van der Waals surface area contributed by atoms with Crippen LogP contribution in [0.2, 0.25) is 0 Å². The van der Waals surface area contributed by atoms with Crippen molar-refractivity contribution in [3.63, 3.8) is 0 Å². The van der Waals surface area contributed by atoms with Crippen LogP contribution in [0.4, 0.5) is 5.69 Å². The zero-order valence-electron chi connectivity index (χ0n) is 12.4. The summed E-state index contributed by atoms with van der Waals surface area (Å²) >= 11 is 0. The summed E-state index contributed by atoms with van der Waals surface area (Å²) in [5.41, 5.74) is 8.95. The van der Waals surface area contributed by atoms with Gasteiger partial charge in [0.1, 0.15) is 4.90 Å². The molecule has 0 aliphatic heterocycles. The van der Waals surface area contributed by atoms with Gasteiger partial charge in [-0.1, -0.05) is 0 Å². The van der Waals surface area contributed by atoms with E-state index in [-0.39, 0.29) is 10.6 Å². The van der Waals surface area contributed by atoms with Crippen molar-refractivity contribution in [2.75, 3.05) is 12.3 Å². The van der Waals surface area contributed by atoms with Gasteiger partial charge < -0.3 is 5.73 Å². The Bertz CT molecular complexity index is 750. The van der Waals surface area contributed by atoms with E-state index in [1.165, 1.54) is 0 Å². The minimum absolute atomic E-state index is 0.136. The number of nitrogen functional groups attached to an aromatic ring is 1. The fourth-order valence-electron chi connectivity index (χ4n) is 2.05. The average Bonchev–Trinajstić information content (AvgIpc) is 2.79. The van der Waals surface area contributed by atoms with Crippen LogP contribution in [0.3, 0.4) is 0 Å². The van der Waals surface area contributed by atoms with Crippen molar-refractivity contribution in [1.29, 1.82) is 0 Å². The molecular weight excluding hydrogens is 288 g/mol. The Morgan fingerprint density at radius 2 is 1.95 bits per heavy atom. The molecule has 1 heterocycles. The van der Waals surface area contributed by atoms with E-state index in [4.69, 9.17) is 5.73 Å². The Hall–Kier alpha value is -1.86. The highest BCUT2D eigenvalue weighted by Gasteiger charge is 2.18. The van der Waals surface area contributed by atoms with Crippen molar-refractivity contribution in [3.05, 3.63) is 41.2 Å². The van der Waals surface area contributed by atoms with E-state index in [1.807, 2.05) is 27.1 Å². The number of anilines is 1. The zero-order valence-corrected chi connectivity index (χ0v) is 13.2. The molecule has 2 rings (SSSR count). The Balaban J connectivity index is 2.10. The summed E-state index contributed by atoms with van der Waals surface area (Å²) in [5.74, 6) is 0. The van der Waals surface area contributed by atoms with Gasteiger partial charge in [-0.2, -0.15) is 5.10 Å². The van der Waals surface area contributed by atoms with Crippen LogP contribution in [0.5, 0.6) is 0 Å². The van der Waals surface area contributed by atoms with Crippen molar-refractivity contribution in [3.8, 4) is 0 Å². The SMILES string of the molecule is Cc1cc(N)c(S(=O)(=O)NCCc2cnn(C)c2)cc1C. The van der Waals surface area contributed by atoms with E-state index in [0.29, 0.717) is 13.0 Å². The van der Waals surface area contributed by atoms with Crippen molar-refractivity contribution < 1.29 is 8.42 Å². The second-order valence-corrected chi connectivity index (χ2v) is 6.88. The topological polar surface area (TPSA) is 90.0 Å². The second kappa shape index (κ2) is 5.87. The number of aryl methyl sites for hydroxylation is 3. The van der Waals surface area contributed by atoms with Gasteiger partial charge in [-0.05, 0) is 49.1 Å². The van der Waals surface area contributed by atoms with Crippen LogP contribution in [0.15, 0.2) is 29.4 Å². The third-order valence-electron chi connectivity index (χ3n) is 3.38. The highest BCUT2D eigenvalue weighted by Crippen LogP contribution is 2.22. The van der Waals surface area contributed by atoms with Crippen LogP contribution in [-0.4, -0.2) is 24.7 Å². The first-order chi connectivity index (χ1) is 9.79. The molecule has 0 aliphatic carbocycles. The Morgan fingerprint density at radius 1 is 1.29 bits per heavy atom. The molecule has 0 spiro atoms. The summed E-state index contributed by atoms with van der Waals surface area (Å²) in [6.45, 7) is 4.07. The van der Waals surface area contributed by atoms with E-state index in [9.17, 15) is 8.42 Å². The summed E-state index contributed by atoms with van der Waals surface area (Å²) in [5, 5.41) is 4.04. The van der Waals surface area contributed by atoms with E-state index in [1.54, 1.807) is 23.0 Å². The Labute approximate surface area is 125 Å². The van der Waals surface area contributed by atoms with E-state index in [0.717, 1.165) is 16.7 Å². The van der Waals surface area contributed by atoms with Crippen LogP contribution >= 0.6 is 0 Å². The number of hydrogen-bond donors (Lipinski definition) is 2. The normalized spacial score (nSPS) is 11.8. The minimum Gasteiger partial charge on any atom is -0.398 e. The number of sulfonamides is 1. The number of rotatable bonds is 5. The first kappa shape index (κ1) is 15.5. The third-order valence-corrected chi connectivity index (χ3v) is 4.90. The predicted molar refractivity (Wildman–Crippen MR) is 82.4 cm³/mol. The molecular formula is C14H20N4O2S. The molecule has 0 amide bonds. The standard InChI is InChI=1S/C14H20N4O2S/c1-10-6-13(15)14(7-11(10)2)21(19,20)17-5-4-12-8-16-18(3)9-12/h6-9,17H,4-5,15H2,1-3H3. The summed E-state index contributed by atoms with van der Waals surface area (Å²) in [6.07, 6.45) is 4.16. The van der Waals surface area contributed by atoms with Gasteiger partial charge in [0, 0.05) is 19.8 Å². The summed E-state index contributed by atoms with van der Waals surface area (Å²) in [4.78, 5) is 0.136. The zero-order chi connectivity index (χ0) is 15.6. The van der Waals surface area contributed by atoms with Crippen molar-refractivity contribution >= 4 is 15.7 Å². The molecule has 0 saturated heterocycles. The number of hydrogen-bond acceptors (Lipinski definition) is 4. The van der Waals surface area contributed by atoms with Gasteiger partial charge in [0.25, 0.3) is 0 Å². The monoisotopic (exact) mass is 308 g/mol. The maximum absolute atomic E-state index is 12.3. The predicted octanol–water partition coefficient (Wildman–Crippen LogP) is 1.14. The van der Waals surface area contributed by atoms with Crippen LogP contribution in [0.1, 0.15) is 16.7 Å². The largest absolute Gasteiger partial charge is 0.398 e. The molecule has 114 valence electrons. The molecule has 0 unspecified atom stereocenters. The number of benzene rings is 1. The molecule has 1 aromatic carbocycles. The van der Waals surface area contributed by atoms with Crippen LogP contribution in [0, 0.1) is 13.8 Å². The minimum atomic E-state index is -3.60. The maximum Gasteiger partial charge on any atom is 0.242 e. The fraction of sp³-hybridized carbons (Fsp3) is 0.357. The summed E-state index contributed by atoms with van der Waals surface area (Å²) in [6, 6.07) is 3.29. The molecule has 0 fully saturated rings. The van der Waals surface area contributed by atoms with Gasteiger partial charge in [-0.3, -0.25) is 4.68 Å². The lowest BCUT2D eigenvalue weighted by molar-refractivity contribution is 0.582. The average molecular weight is 308 g/mol. The fourth-order valence-corrected chi connectivity index (χ4v) is 3.28. The number of nitrogens with zero attached hydrogens (tertiary/aromatic N) is 2. The van der Waals surface area contributed by atoms with Crippen LogP contribution in [0.25, 0.3) is 0 Å². The third kappa shape index (κ3) is 3.62. The molecule has 0 saturated carbocycles. The van der Waals surface area contributed by atoms with Gasteiger partial charge in [-0.25, -0.2) is 13.1 Å². The first-order valence-corrected chi connectivity index (χ1v) is 8.12. The van der Waals surface area contributed by atoms with Gasteiger partial charge in [0.15, 0.2) is 0 Å². The van der Waals surface area contributed by atoms with Gasteiger partial charge >= 0.3 is 0 Å². The van der Waals surface area contributed by atoms with Crippen molar-refractivity contribution in [2.45, 2.75) is 25.2 Å². The Morgan fingerprint density at radius 3 is 2.57 bits per heavy atom. The van der Waals surface area contributed by atoms with Crippen molar-refractivity contribution in [2.24, 2.45) is 7.05 Å². The highest BCUT2D eigenvalue weighted by atomic mass is 32.2. The molecule has 1 aromatic heterocycles. The summed E-state index contributed by atoms with van der Waals surface area (Å²) in [7, 11) is -1.77. The smallest absolute Gasteiger partial charge is 0.242 e. The second-order valence-electron chi connectivity index (χ2n) is 5.14. The first-order valence-electron chi connectivity index (χ1n) is 6.63. The molecule has 3 N–H and O–H groups in total. The van der Waals surface area contributed by atoms with E-state index < -0.39 is 10.0 Å². The maximum atomic E-state index is 12.3. The van der Waals surface area contributed by atoms with Crippen LogP contribution < -0.4 is 10.5 Å². The molecule has 6 nitrogen and oxygen atoms in total. The van der Waals surface area contributed by atoms with E-state index in [2.05, 4.69) is 9.82 Å². The van der Waals surface area contributed by atoms with Gasteiger partial charge in [0.2, 0.25) is 10.0 Å². The van der Waals surface area contributed by atoms with Crippen LogP contribution in [-0.2, 0) is 23.5 Å². The van der Waals surface area contributed by atoms with E-state index >= 15 is 0 Å². The molecule has 7 heteroatoms. The molecule has 21 heavy (non-hydrogen) atoms. The number of nitrogens with two attached hydrogens (primary N) is 1. The molecule has 2 aromatic rings. The quantitative estimate of drug-likeness (QED) is 0.811. The Kier molecular flexibility index (Phi) is 4.34. The van der Waals surface area contributed by atoms with Gasteiger partial charge in [0.05, 0.1) is 11.9 Å². The highest BCUT2D eigenvalue weighted by molar-refractivity contribution is 7.89. The lowest BCUT2D eigenvalue weighted by Gasteiger charge is -2.11. The lowest BCUT2D eigenvalue weighted by atomic mass is 10.1. The number of aromatic nitrogens is 2. The molecule has 0 bridgehead atoms. The molecule has 0 radical (unpaired) electrons. The van der Waals surface area contributed by atoms with Gasteiger partial charge in [-0.15, -0.1) is 0 Å². The van der Waals surface area contributed by atoms with Crippen molar-refractivity contribution in [1.82, 2.24) is 14.5 Å². The summed E-state index contributed by atoms with van der Waals surface area (Å²) < 4.78 is 28.9. The number of nitrogens with one attached hydrogen (secondary N) is 1. The molecule has 0 aliphatic rings.